The van der Waals surface area contributed by atoms with Gasteiger partial charge in [0.05, 0.1) is 11.4 Å². The van der Waals surface area contributed by atoms with Gasteiger partial charge in [0.2, 0.25) is 0 Å². The Bertz CT molecular complexity index is 1090. The highest BCUT2D eigenvalue weighted by molar-refractivity contribution is 5.93. The van der Waals surface area contributed by atoms with Crippen molar-refractivity contribution in [2.45, 2.75) is 19.8 Å². The molecule has 4 rings (SSSR count). The van der Waals surface area contributed by atoms with Crippen LogP contribution in [0.25, 0.3) is 28.2 Å². The number of amides is 1. The van der Waals surface area contributed by atoms with E-state index in [0.29, 0.717) is 17.9 Å². The van der Waals surface area contributed by atoms with Gasteiger partial charge in [0.25, 0.3) is 5.91 Å². The van der Waals surface area contributed by atoms with Crippen LogP contribution in [0.3, 0.4) is 0 Å². The van der Waals surface area contributed by atoms with Crippen LogP contribution in [-0.4, -0.2) is 27.0 Å². The van der Waals surface area contributed by atoms with E-state index < -0.39 is 0 Å². The molecular weight excluding hydrogens is 348 g/mol. The number of unbranched alkanes of at least 4 members (excludes halogenated alkanes) is 1. The highest BCUT2D eigenvalue weighted by atomic mass is 16.1. The Morgan fingerprint density at radius 1 is 0.964 bits per heavy atom. The molecule has 0 spiro atoms. The zero-order valence-electron chi connectivity index (χ0n) is 15.8. The minimum atomic E-state index is -0.167. The molecule has 0 atom stereocenters. The maximum Gasteiger partial charge on any atom is 0.271 e. The Hall–Kier alpha value is -3.47. The van der Waals surface area contributed by atoms with E-state index in [1.165, 1.54) is 0 Å². The largest absolute Gasteiger partial charge is 0.351 e. The molecule has 2 heterocycles. The van der Waals surface area contributed by atoms with Crippen LogP contribution >= 0.6 is 0 Å². The number of fused-ring (bicyclic) bond motifs is 1. The standard InChI is InChI=1S/C23H22N4O/c1-2-3-14-24-23(28)20-16-22-25-19(17-10-6-4-7-11-17)15-21(27(22)26-20)18-12-8-5-9-13-18/h4-13,15-16H,2-3,14H2,1H3,(H,24,28). The average Bonchev–Trinajstić information content (AvgIpc) is 3.19. The summed E-state index contributed by atoms with van der Waals surface area (Å²) in [5, 5.41) is 7.47. The Balaban J connectivity index is 1.83. The van der Waals surface area contributed by atoms with Crippen molar-refractivity contribution in [3.63, 3.8) is 0 Å². The number of hydrogen-bond donors (Lipinski definition) is 1. The summed E-state index contributed by atoms with van der Waals surface area (Å²) in [5.74, 6) is -0.167. The van der Waals surface area contributed by atoms with Crippen molar-refractivity contribution < 1.29 is 4.79 Å². The van der Waals surface area contributed by atoms with Crippen LogP contribution in [0.5, 0.6) is 0 Å². The van der Waals surface area contributed by atoms with Crippen molar-refractivity contribution in [2.75, 3.05) is 6.54 Å². The molecule has 0 radical (unpaired) electrons. The molecule has 0 fully saturated rings. The first-order valence-corrected chi connectivity index (χ1v) is 9.56. The number of nitrogens with zero attached hydrogens (tertiary/aromatic N) is 3. The number of benzene rings is 2. The third-order valence-electron chi connectivity index (χ3n) is 4.61. The summed E-state index contributed by atoms with van der Waals surface area (Å²) >= 11 is 0. The van der Waals surface area contributed by atoms with Crippen molar-refractivity contribution in [3.8, 4) is 22.5 Å². The summed E-state index contributed by atoms with van der Waals surface area (Å²) in [6, 6.07) is 23.8. The molecule has 0 aliphatic carbocycles. The Kier molecular flexibility index (Phi) is 5.15. The number of carbonyl (C=O) groups excluding carboxylic acids is 1. The second-order valence-corrected chi connectivity index (χ2v) is 6.67. The maximum absolute atomic E-state index is 12.5. The predicted octanol–water partition coefficient (Wildman–Crippen LogP) is 4.59. The van der Waals surface area contributed by atoms with Crippen molar-refractivity contribution in [3.05, 3.63) is 78.5 Å². The molecule has 0 bridgehead atoms. The van der Waals surface area contributed by atoms with Crippen LogP contribution in [0.15, 0.2) is 72.8 Å². The molecule has 4 aromatic rings. The summed E-state index contributed by atoms with van der Waals surface area (Å²) in [7, 11) is 0. The number of hydrogen-bond acceptors (Lipinski definition) is 3. The molecule has 0 saturated carbocycles. The Morgan fingerprint density at radius 2 is 1.64 bits per heavy atom. The van der Waals surface area contributed by atoms with Crippen LogP contribution < -0.4 is 5.32 Å². The zero-order valence-corrected chi connectivity index (χ0v) is 15.8. The quantitative estimate of drug-likeness (QED) is 0.505. The summed E-state index contributed by atoms with van der Waals surface area (Å²) in [6.45, 7) is 2.75. The molecule has 5 nitrogen and oxygen atoms in total. The molecule has 0 aliphatic rings. The second kappa shape index (κ2) is 8.05. The van der Waals surface area contributed by atoms with Crippen LogP contribution in [0.4, 0.5) is 0 Å². The molecule has 2 aromatic carbocycles. The number of rotatable bonds is 6. The fraction of sp³-hybridized carbons (Fsp3) is 0.174. The fourth-order valence-corrected chi connectivity index (χ4v) is 3.13. The van der Waals surface area contributed by atoms with E-state index in [1.807, 2.05) is 66.7 Å². The third-order valence-corrected chi connectivity index (χ3v) is 4.61. The van der Waals surface area contributed by atoms with Crippen LogP contribution in [0.2, 0.25) is 0 Å². The lowest BCUT2D eigenvalue weighted by Gasteiger charge is -2.08. The molecule has 28 heavy (non-hydrogen) atoms. The molecule has 0 unspecified atom stereocenters. The lowest BCUT2D eigenvalue weighted by atomic mass is 10.1. The zero-order chi connectivity index (χ0) is 19.3. The highest BCUT2D eigenvalue weighted by Crippen LogP contribution is 2.26. The SMILES string of the molecule is CCCCNC(=O)c1cc2nc(-c3ccccc3)cc(-c3ccccc3)n2n1. The van der Waals surface area contributed by atoms with Gasteiger partial charge in [-0.05, 0) is 12.5 Å². The summed E-state index contributed by atoms with van der Waals surface area (Å²) < 4.78 is 1.75. The van der Waals surface area contributed by atoms with Crippen LogP contribution in [-0.2, 0) is 0 Å². The minimum absolute atomic E-state index is 0.167. The molecule has 2 aromatic heterocycles. The lowest BCUT2D eigenvalue weighted by Crippen LogP contribution is -2.24. The second-order valence-electron chi connectivity index (χ2n) is 6.67. The topological polar surface area (TPSA) is 59.3 Å². The highest BCUT2D eigenvalue weighted by Gasteiger charge is 2.16. The first-order chi connectivity index (χ1) is 13.8. The smallest absolute Gasteiger partial charge is 0.271 e. The third kappa shape index (κ3) is 3.64. The summed E-state index contributed by atoms with van der Waals surface area (Å²) in [5.41, 5.74) is 4.83. The minimum Gasteiger partial charge on any atom is -0.351 e. The molecule has 1 amide bonds. The van der Waals surface area contributed by atoms with Gasteiger partial charge in [-0.25, -0.2) is 9.50 Å². The van der Waals surface area contributed by atoms with Crippen molar-refractivity contribution in [2.24, 2.45) is 0 Å². The summed E-state index contributed by atoms with van der Waals surface area (Å²) in [4.78, 5) is 17.2. The Labute approximate surface area is 164 Å². The molecule has 0 saturated heterocycles. The van der Waals surface area contributed by atoms with E-state index >= 15 is 0 Å². The van der Waals surface area contributed by atoms with Gasteiger partial charge in [0, 0.05) is 23.7 Å². The van der Waals surface area contributed by atoms with Gasteiger partial charge in [-0.15, -0.1) is 0 Å². The van der Waals surface area contributed by atoms with E-state index in [2.05, 4.69) is 17.3 Å². The van der Waals surface area contributed by atoms with Gasteiger partial charge in [0.1, 0.15) is 0 Å². The average molecular weight is 370 g/mol. The van der Waals surface area contributed by atoms with E-state index in [9.17, 15) is 4.79 Å². The first-order valence-electron chi connectivity index (χ1n) is 9.56. The van der Waals surface area contributed by atoms with Crippen LogP contribution in [0.1, 0.15) is 30.3 Å². The van der Waals surface area contributed by atoms with Gasteiger partial charge >= 0.3 is 0 Å². The fourth-order valence-electron chi connectivity index (χ4n) is 3.13. The van der Waals surface area contributed by atoms with E-state index in [1.54, 1.807) is 10.6 Å². The Morgan fingerprint density at radius 3 is 2.32 bits per heavy atom. The molecule has 0 aliphatic heterocycles. The number of nitrogens with one attached hydrogen (secondary N) is 1. The van der Waals surface area contributed by atoms with E-state index in [4.69, 9.17) is 4.98 Å². The first kappa shape index (κ1) is 17.9. The van der Waals surface area contributed by atoms with Crippen LogP contribution in [0, 0.1) is 0 Å². The van der Waals surface area contributed by atoms with Gasteiger partial charge in [-0.3, -0.25) is 4.79 Å². The lowest BCUT2D eigenvalue weighted by molar-refractivity contribution is 0.0948. The van der Waals surface area contributed by atoms with Crippen molar-refractivity contribution in [1.82, 2.24) is 19.9 Å². The van der Waals surface area contributed by atoms with E-state index in [0.717, 1.165) is 35.4 Å². The van der Waals surface area contributed by atoms with Gasteiger partial charge in [-0.2, -0.15) is 5.10 Å². The van der Waals surface area contributed by atoms with Gasteiger partial charge in [-0.1, -0.05) is 74.0 Å². The predicted molar refractivity (Wildman–Crippen MR) is 111 cm³/mol. The normalized spacial score (nSPS) is 10.9. The van der Waals surface area contributed by atoms with E-state index in [-0.39, 0.29) is 5.91 Å². The molecule has 140 valence electrons. The molecular formula is C23H22N4O. The summed E-state index contributed by atoms with van der Waals surface area (Å²) in [6.07, 6.45) is 1.98. The van der Waals surface area contributed by atoms with Crippen molar-refractivity contribution >= 4 is 11.6 Å². The van der Waals surface area contributed by atoms with Crippen molar-refractivity contribution in [1.29, 1.82) is 0 Å². The molecule has 1 N–H and O–H groups in total. The van der Waals surface area contributed by atoms with Gasteiger partial charge < -0.3 is 5.32 Å². The molecule has 5 heteroatoms. The van der Waals surface area contributed by atoms with Gasteiger partial charge in [0.15, 0.2) is 11.3 Å². The maximum atomic E-state index is 12.5. The number of carbonyl (C=O) groups is 1. The number of aromatic nitrogens is 3. The monoisotopic (exact) mass is 370 g/mol.